The van der Waals surface area contributed by atoms with Crippen LogP contribution in [0.1, 0.15) is 0 Å². The highest BCUT2D eigenvalue weighted by atomic mass is 32.1. The highest BCUT2D eigenvalue weighted by Crippen LogP contribution is 1.98. The lowest BCUT2D eigenvalue weighted by molar-refractivity contribution is 0.332. The molecule has 0 unspecified atom stereocenters. The first-order valence-corrected chi connectivity index (χ1v) is 4.93. The van der Waals surface area contributed by atoms with Crippen molar-refractivity contribution >= 4 is 12.2 Å². The Morgan fingerprint density at radius 1 is 1.29 bits per heavy atom. The van der Waals surface area contributed by atoms with Gasteiger partial charge in [-0.1, -0.05) is 12.2 Å². The van der Waals surface area contributed by atoms with Crippen molar-refractivity contribution in [2.75, 3.05) is 19.6 Å². The third kappa shape index (κ3) is 1.85. The van der Waals surface area contributed by atoms with Crippen LogP contribution >= 0.6 is 12.2 Å². The van der Waals surface area contributed by atoms with Gasteiger partial charge in [-0.05, 0) is 12.2 Å². The van der Waals surface area contributed by atoms with Gasteiger partial charge >= 0.3 is 5.69 Å². The van der Waals surface area contributed by atoms with Gasteiger partial charge in [0.15, 0.2) is 4.77 Å². The van der Waals surface area contributed by atoms with Gasteiger partial charge in [0, 0.05) is 26.2 Å². The summed E-state index contributed by atoms with van der Waals surface area (Å²) in [7, 11) is 0. The van der Waals surface area contributed by atoms with Crippen LogP contribution < -0.4 is 5.69 Å². The highest BCUT2D eigenvalue weighted by Gasteiger charge is 2.07. The Morgan fingerprint density at radius 3 is 2.57 bits per heavy atom. The molecule has 0 atom stereocenters. The molecule has 0 saturated heterocycles. The molecular weight excluding hydrogens is 200 g/mol. The van der Waals surface area contributed by atoms with Crippen LogP contribution in [0.2, 0.25) is 0 Å². The monoisotopic (exact) mass is 212 g/mol. The van der Waals surface area contributed by atoms with Crippen LogP contribution in [-0.2, 0) is 6.54 Å². The molecule has 0 spiro atoms. The first-order valence-electron chi connectivity index (χ1n) is 4.52. The number of rotatable bonds is 3. The van der Waals surface area contributed by atoms with Crippen LogP contribution in [-0.4, -0.2) is 39.3 Å². The van der Waals surface area contributed by atoms with Crippen LogP contribution in [0.3, 0.4) is 0 Å². The van der Waals surface area contributed by atoms with E-state index in [2.05, 4.69) is 27.2 Å². The van der Waals surface area contributed by atoms with Crippen molar-refractivity contribution < 1.29 is 0 Å². The highest BCUT2D eigenvalue weighted by molar-refractivity contribution is 7.71. The quantitative estimate of drug-likeness (QED) is 0.552. The maximum Gasteiger partial charge on any atom is 0.342 e. The second-order valence-corrected chi connectivity index (χ2v) is 3.63. The summed E-state index contributed by atoms with van der Waals surface area (Å²) in [4.78, 5) is 13.5. The Labute approximate surface area is 86.0 Å². The van der Waals surface area contributed by atoms with Crippen molar-refractivity contribution in [3.63, 3.8) is 0 Å². The fourth-order valence-electron chi connectivity index (χ4n) is 1.48. The Balaban J connectivity index is 1.98. The standard InChI is InChI=1S/C8H12N4OS/c13-7-9-10-8(14)12(7)6-5-11-3-1-2-4-11/h1-2H,3-6H2,(H,9,13)(H,10,14). The number of hydrogen-bond donors (Lipinski definition) is 2. The van der Waals surface area contributed by atoms with E-state index in [9.17, 15) is 4.79 Å². The first kappa shape index (κ1) is 9.42. The summed E-state index contributed by atoms with van der Waals surface area (Å²) in [5, 5.41) is 5.07. The van der Waals surface area contributed by atoms with E-state index in [1.54, 1.807) is 0 Å². The molecule has 1 aromatic rings. The van der Waals surface area contributed by atoms with E-state index in [0.717, 1.165) is 19.6 Å². The molecule has 1 aliphatic rings. The summed E-state index contributed by atoms with van der Waals surface area (Å²) in [6, 6.07) is 0. The SMILES string of the molecule is O=c1[nH][nH]c(=S)n1CCN1CC=CC1. The molecule has 2 rings (SSSR count). The second-order valence-electron chi connectivity index (χ2n) is 3.24. The van der Waals surface area contributed by atoms with Crippen molar-refractivity contribution in [2.45, 2.75) is 6.54 Å². The minimum absolute atomic E-state index is 0.165. The van der Waals surface area contributed by atoms with Gasteiger partial charge in [-0.25, -0.2) is 9.89 Å². The summed E-state index contributed by atoms with van der Waals surface area (Å²) in [5.41, 5.74) is -0.165. The number of H-pyrrole nitrogens is 2. The lowest BCUT2D eigenvalue weighted by Crippen LogP contribution is -2.28. The molecule has 1 aromatic heterocycles. The Bertz CT molecular complexity index is 405. The predicted molar refractivity (Wildman–Crippen MR) is 55.8 cm³/mol. The molecular formula is C8H12N4OS. The molecule has 2 N–H and O–H groups in total. The Morgan fingerprint density at radius 2 is 2.00 bits per heavy atom. The van der Waals surface area contributed by atoms with Crippen LogP contribution in [0.25, 0.3) is 0 Å². The van der Waals surface area contributed by atoms with Gasteiger partial charge < -0.3 is 0 Å². The zero-order valence-electron chi connectivity index (χ0n) is 7.69. The van der Waals surface area contributed by atoms with Gasteiger partial charge in [0.2, 0.25) is 0 Å². The van der Waals surface area contributed by atoms with Crippen molar-refractivity contribution in [3.05, 3.63) is 27.4 Å². The number of nitrogens with one attached hydrogen (secondary N) is 2. The fourth-order valence-corrected chi connectivity index (χ4v) is 1.71. The summed E-state index contributed by atoms with van der Waals surface area (Å²) in [5.74, 6) is 0. The van der Waals surface area contributed by atoms with E-state index in [4.69, 9.17) is 12.2 Å². The maximum absolute atomic E-state index is 11.2. The molecule has 0 aliphatic carbocycles. The predicted octanol–water partition coefficient (Wildman–Crippen LogP) is 0.106. The third-order valence-corrected chi connectivity index (χ3v) is 2.62. The van der Waals surface area contributed by atoms with Crippen LogP contribution in [0.4, 0.5) is 0 Å². The second kappa shape index (κ2) is 3.93. The van der Waals surface area contributed by atoms with E-state index < -0.39 is 0 Å². The molecule has 76 valence electrons. The molecule has 0 bridgehead atoms. The van der Waals surface area contributed by atoms with E-state index in [0.29, 0.717) is 11.3 Å². The molecule has 5 nitrogen and oxygen atoms in total. The zero-order chi connectivity index (χ0) is 9.97. The molecule has 0 fully saturated rings. The Kier molecular flexibility index (Phi) is 2.64. The summed E-state index contributed by atoms with van der Waals surface area (Å²) >= 11 is 4.95. The largest absolute Gasteiger partial charge is 0.342 e. The molecule has 0 radical (unpaired) electrons. The fraction of sp³-hybridized carbons (Fsp3) is 0.500. The third-order valence-electron chi connectivity index (χ3n) is 2.30. The number of aromatic amines is 2. The number of aromatic nitrogens is 3. The van der Waals surface area contributed by atoms with Gasteiger partial charge in [0.05, 0.1) is 0 Å². The lowest BCUT2D eigenvalue weighted by Gasteiger charge is -2.13. The number of nitrogens with zero attached hydrogens (tertiary/aromatic N) is 2. The summed E-state index contributed by atoms with van der Waals surface area (Å²) in [6.45, 7) is 3.42. The van der Waals surface area contributed by atoms with Gasteiger partial charge in [-0.3, -0.25) is 14.6 Å². The minimum Gasteiger partial charge on any atom is -0.294 e. The van der Waals surface area contributed by atoms with Crippen molar-refractivity contribution in [3.8, 4) is 0 Å². The zero-order valence-corrected chi connectivity index (χ0v) is 8.51. The average Bonchev–Trinajstić information content (AvgIpc) is 2.76. The first-order chi connectivity index (χ1) is 6.77. The Hall–Kier alpha value is -1.14. The van der Waals surface area contributed by atoms with Crippen LogP contribution in [0.5, 0.6) is 0 Å². The van der Waals surface area contributed by atoms with Gasteiger partial charge in [-0.15, -0.1) is 0 Å². The van der Waals surface area contributed by atoms with Crippen LogP contribution in [0, 0.1) is 4.77 Å². The maximum atomic E-state index is 11.2. The van der Waals surface area contributed by atoms with Crippen molar-refractivity contribution in [2.24, 2.45) is 0 Å². The topological polar surface area (TPSA) is 56.8 Å². The minimum atomic E-state index is -0.165. The number of hydrogen-bond acceptors (Lipinski definition) is 3. The van der Waals surface area contributed by atoms with Crippen LogP contribution in [0.15, 0.2) is 16.9 Å². The molecule has 0 aromatic carbocycles. The average molecular weight is 212 g/mol. The molecule has 1 aliphatic heterocycles. The lowest BCUT2D eigenvalue weighted by atomic mass is 10.5. The molecule has 14 heavy (non-hydrogen) atoms. The van der Waals surface area contributed by atoms with Crippen molar-refractivity contribution in [1.29, 1.82) is 0 Å². The molecule has 6 heteroatoms. The summed E-state index contributed by atoms with van der Waals surface area (Å²) in [6.07, 6.45) is 4.25. The summed E-state index contributed by atoms with van der Waals surface area (Å²) < 4.78 is 2.00. The van der Waals surface area contributed by atoms with E-state index >= 15 is 0 Å². The normalized spacial score (nSPS) is 16.6. The smallest absolute Gasteiger partial charge is 0.294 e. The van der Waals surface area contributed by atoms with E-state index in [-0.39, 0.29) is 5.69 Å². The van der Waals surface area contributed by atoms with E-state index in [1.807, 2.05) is 0 Å². The molecule has 0 amide bonds. The van der Waals surface area contributed by atoms with Gasteiger partial charge in [0.25, 0.3) is 0 Å². The molecule has 2 heterocycles. The van der Waals surface area contributed by atoms with E-state index in [1.165, 1.54) is 4.57 Å². The van der Waals surface area contributed by atoms with Crippen molar-refractivity contribution in [1.82, 2.24) is 19.7 Å². The van der Waals surface area contributed by atoms with Gasteiger partial charge in [0.1, 0.15) is 0 Å². The molecule has 0 saturated carbocycles. The van der Waals surface area contributed by atoms with Gasteiger partial charge in [-0.2, -0.15) is 0 Å².